The number of amides is 2. The maximum absolute atomic E-state index is 15.7. The number of piperidine rings is 1. The molecule has 1 saturated carbocycles. The van der Waals surface area contributed by atoms with E-state index in [1.165, 1.54) is 6.07 Å². The van der Waals surface area contributed by atoms with Crippen LogP contribution in [0.2, 0.25) is 0 Å². The zero-order valence-corrected chi connectivity index (χ0v) is 22.2. The number of carbonyl (C=O) groups excluding carboxylic acids is 3. The molecule has 2 amide bonds. The standard InChI is InChI=1S/C29H43FN2O3/c1-6-19(2)26(33)25(20-12-8-7-9-13-20)31-27(34)23-16-10-15-22(24(23)30)21-14-11-17-32(18-21)28(35)29(3,4)5/h10,15-16,19-21,25H,6-9,11-14,17-18H2,1-5H3,(H,31,34)/t19?,21-,25+/m0/s1. The summed E-state index contributed by atoms with van der Waals surface area (Å²) in [4.78, 5) is 41.1. The van der Waals surface area contributed by atoms with Gasteiger partial charge < -0.3 is 10.2 Å². The summed E-state index contributed by atoms with van der Waals surface area (Å²) in [5.41, 5.74) is -0.0237. The highest BCUT2D eigenvalue weighted by Crippen LogP contribution is 2.33. The Morgan fingerprint density at radius 3 is 2.40 bits per heavy atom. The molecule has 6 heteroatoms. The Morgan fingerprint density at radius 2 is 1.77 bits per heavy atom. The molecule has 0 radical (unpaired) electrons. The predicted molar refractivity (Wildman–Crippen MR) is 137 cm³/mol. The highest BCUT2D eigenvalue weighted by molar-refractivity contribution is 5.98. The van der Waals surface area contributed by atoms with E-state index in [0.29, 0.717) is 25.1 Å². The summed E-state index contributed by atoms with van der Waals surface area (Å²) in [6, 6.07) is 4.37. The Labute approximate surface area is 210 Å². The van der Waals surface area contributed by atoms with Gasteiger partial charge in [0.15, 0.2) is 5.78 Å². The third-order valence-electron chi connectivity index (χ3n) is 7.88. The number of halogens is 1. The van der Waals surface area contributed by atoms with E-state index in [2.05, 4.69) is 5.32 Å². The summed E-state index contributed by atoms with van der Waals surface area (Å²) in [7, 11) is 0. The number of carbonyl (C=O) groups is 3. The van der Waals surface area contributed by atoms with Crippen molar-refractivity contribution in [3.05, 3.63) is 35.1 Å². The number of nitrogens with one attached hydrogen (secondary N) is 1. The van der Waals surface area contributed by atoms with Crippen LogP contribution in [0.25, 0.3) is 0 Å². The molecular weight excluding hydrogens is 443 g/mol. The van der Waals surface area contributed by atoms with Crippen LogP contribution < -0.4 is 5.32 Å². The van der Waals surface area contributed by atoms with Gasteiger partial charge in [0.2, 0.25) is 5.91 Å². The highest BCUT2D eigenvalue weighted by Gasteiger charge is 2.35. The van der Waals surface area contributed by atoms with Crippen LogP contribution in [0.15, 0.2) is 18.2 Å². The van der Waals surface area contributed by atoms with Crippen molar-refractivity contribution in [3.8, 4) is 0 Å². The van der Waals surface area contributed by atoms with Gasteiger partial charge in [-0.25, -0.2) is 4.39 Å². The summed E-state index contributed by atoms with van der Waals surface area (Å²) in [5, 5.41) is 2.94. The Balaban J connectivity index is 1.81. The first-order chi connectivity index (χ1) is 16.5. The number of likely N-dealkylation sites (tertiary alicyclic amines) is 1. The second-order valence-corrected chi connectivity index (χ2v) is 11.6. The zero-order valence-electron chi connectivity index (χ0n) is 22.2. The molecule has 1 saturated heterocycles. The summed E-state index contributed by atoms with van der Waals surface area (Å²) in [5.74, 6) is -1.13. The predicted octanol–water partition coefficient (Wildman–Crippen LogP) is 5.87. The topological polar surface area (TPSA) is 66.5 Å². The molecule has 1 heterocycles. The minimum atomic E-state index is -0.574. The van der Waals surface area contributed by atoms with Gasteiger partial charge in [0.25, 0.3) is 5.91 Å². The lowest BCUT2D eigenvalue weighted by molar-refractivity contribution is -0.140. The molecule has 2 aliphatic rings. The number of Topliss-reactive ketones (excluding diaryl/α,β-unsaturated/α-hetero) is 1. The van der Waals surface area contributed by atoms with Crippen molar-refractivity contribution < 1.29 is 18.8 Å². The molecule has 35 heavy (non-hydrogen) atoms. The van der Waals surface area contributed by atoms with Crippen LogP contribution in [0, 0.1) is 23.1 Å². The van der Waals surface area contributed by atoms with Crippen molar-refractivity contribution in [1.82, 2.24) is 10.2 Å². The van der Waals surface area contributed by atoms with Gasteiger partial charge in [0.1, 0.15) is 5.82 Å². The molecule has 0 spiro atoms. The van der Waals surface area contributed by atoms with Crippen molar-refractivity contribution in [3.63, 3.8) is 0 Å². The van der Waals surface area contributed by atoms with E-state index in [4.69, 9.17) is 0 Å². The van der Waals surface area contributed by atoms with Crippen molar-refractivity contribution in [1.29, 1.82) is 0 Å². The van der Waals surface area contributed by atoms with Crippen molar-refractivity contribution in [2.45, 2.75) is 97.9 Å². The van der Waals surface area contributed by atoms with E-state index < -0.39 is 23.2 Å². The SMILES string of the molecule is CCC(C)C(=O)[C@H](NC(=O)c1cccc([C@H]2CCCN(C(=O)C(C)(C)C)C2)c1F)C1CCCCC1. The Hall–Kier alpha value is -2.24. The molecule has 1 aliphatic heterocycles. The average molecular weight is 487 g/mol. The maximum atomic E-state index is 15.7. The molecule has 1 aromatic carbocycles. The highest BCUT2D eigenvalue weighted by atomic mass is 19.1. The second kappa shape index (κ2) is 11.7. The molecule has 1 N–H and O–H groups in total. The molecule has 3 atom stereocenters. The fourth-order valence-electron chi connectivity index (χ4n) is 5.55. The zero-order chi connectivity index (χ0) is 25.8. The minimum absolute atomic E-state index is 0.0143. The van der Waals surface area contributed by atoms with Crippen LogP contribution in [0.5, 0.6) is 0 Å². The van der Waals surface area contributed by atoms with Gasteiger partial charge in [0.05, 0.1) is 11.6 Å². The average Bonchev–Trinajstić information content (AvgIpc) is 2.85. The first kappa shape index (κ1) is 27.3. The van der Waals surface area contributed by atoms with Gasteiger partial charge in [-0.05, 0) is 49.7 Å². The molecule has 0 aromatic heterocycles. The normalized spacial score (nSPS) is 21.3. The van der Waals surface area contributed by atoms with E-state index in [1.807, 2.05) is 39.5 Å². The van der Waals surface area contributed by atoms with Crippen LogP contribution in [0.1, 0.15) is 108 Å². The number of rotatable bonds is 7. The Morgan fingerprint density at radius 1 is 1.09 bits per heavy atom. The van der Waals surface area contributed by atoms with E-state index >= 15 is 4.39 Å². The third kappa shape index (κ3) is 6.50. The molecule has 194 valence electrons. The maximum Gasteiger partial charge on any atom is 0.254 e. The number of benzene rings is 1. The van der Waals surface area contributed by atoms with Crippen molar-refractivity contribution in [2.75, 3.05) is 13.1 Å². The lowest BCUT2D eigenvalue weighted by Crippen LogP contribution is -2.48. The van der Waals surface area contributed by atoms with Gasteiger partial charge in [-0.15, -0.1) is 0 Å². The summed E-state index contributed by atoms with van der Waals surface area (Å²) >= 11 is 0. The smallest absolute Gasteiger partial charge is 0.254 e. The van der Waals surface area contributed by atoms with E-state index in [0.717, 1.165) is 44.9 Å². The van der Waals surface area contributed by atoms with Gasteiger partial charge >= 0.3 is 0 Å². The summed E-state index contributed by atoms with van der Waals surface area (Å²) in [6.07, 6.45) is 7.38. The largest absolute Gasteiger partial charge is 0.342 e. The third-order valence-corrected chi connectivity index (χ3v) is 7.88. The van der Waals surface area contributed by atoms with Crippen LogP contribution in [-0.2, 0) is 9.59 Å². The van der Waals surface area contributed by atoms with Crippen LogP contribution in [0.4, 0.5) is 4.39 Å². The van der Waals surface area contributed by atoms with Gasteiger partial charge in [-0.2, -0.15) is 0 Å². The minimum Gasteiger partial charge on any atom is -0.342 e. The van der Waals surface area contributed by atoms with Gasteiger partial charge in [-0.3, -0.25) is 14.4 Å². The van der Waals surface area contributed by atoms with Crippen molar-refractivity contribution >= 4 is 17.6 Å². The molecule has 1 unspecified atom stereocenters. The van der Waals surface area contributed by atoms with Crippen LogP contribution in [0.3, 0.4) is 0 Å². The number of hydrogen-bond acceptors (Lipinski definition) is 3. The monoisotopic (exact) mass is 486 g/mol. The lowest BCUT2D eigenvalue weighted by atomic mass is 9.79. The molecule has 1 aliphatic carbocycles. The molecule has 0 bridgehead atoms. The lowest BCUT2D eigenvalue weighted by Gasteiger charge is -2.37. The molecule has 2 fully saturated rings. The summed E-state index contributed by atoms with van der Waals surface area (Å²) in [6.45, 7) is 10.7. The number of nitrogens with zero attached hydrogens (tertiary/aromatic N) is 1. The quantitative estimate of drug-likeness (QED) is 0.524. The fraction of sp³-hybridized carbons (Fsp3) is 0.690. The molecular formula is C29H43FN2O3. The fourth-order valence-corrected chi connectivity index (χ4v) is 5.55. The number of hydrogen-bond donors (Lipinski definition) is 1. The second-order valence-electron chi connectivity index (χ2n) is 11.6. The Kier molecular flexibility index (Phi) is 9.11. The Bertz CT molecular complexity index is 917. The van der Waals surface area contributed by atoms with Crippen LogP contribution >= 0.6 is 0 Å². The van der Waals surface area contributed by atoms with Crippen molar-refractivity contribution in [2.24, 2.45) is 17.3 Å². The first-order valence-electron chi connectivity index (χ1n) is 13.5. The number of ketones is 1. The molecule has 3 rings (SSSR count). The van der Waals surface area contributed by atoms with Gasteiger partial charge in [-0.1, -0.05) is 66.0 Å². The molecule has 5 nitrogen and oxygen atoms in total. The molecule has 1 aromatic rings. The van der Waals surface area contributed by atoms with Gasteiger partial charge in [0, 0.05) is 30.3 Å². The van der Waals surface area contributed by atoms with E-state index in [-0.39, 0.29) is 35.0 Å². The van der Waals surface area contributed by atoms with E-state index in [1.54, 1.807) is 12.1 Å². The van der Waals surface area contributed by atoms with Crippen LogP contribution in [-0.4, -0.2) is 41.6 Å². The summed E-state index contributed by atoms with van der Waals surface area (Å²) < 4.78 is 15.7. The first-order valence-corrected chi connectivity index (χ1v) is 13.5. The van der Waals surface area contributed by atoms with E-state index in [9.17, 15) is 14.4 Å².